The van der Waals surface area contributed by atoms with Crippen LogP contribution >= 0.6 is 0 Å². The van der Waals surface area contributed by atoms with Crippen LogP contribution in [-0.2, 0) is 23.7 Å². The molecule has 0 spiro atoms. The second-order valence-corrected chi connectivity index (χ2v) is 15.9. The van der Waals surface area contributed by atoms with Gasteiger partial charge >= 0.3 is 0 Å². The predicted octanol–water partition coefficient (Wildman–Crippen LogP) is -6.74. The van der Waals surface area contributed by atoms with Crippen molar-refractivity contribution in [3.8, 4) is 40.1 Å². The molecular weight excluding hydrogens is 884 g/mol. The average Bonchev–Trinajstić information content (AvgIpc) is 3.28. The molecule has 0 saturated carbocycles. The van der Waals surface area contributed by atoms with E-state index in [1.165, 1.54) is 6.92 Å². The van der Waals surface area contributed by atoms with Gasteiger partial charge in [0, 0.05) is 17.7 Å². The fourth-order valence-electron chi connectivity index (χ4n) is 7.57. The summed E-state index contributed by atoms with van der Waals surface area (Å²) < 4.78 is 50.6. The molecule has 2 aromatic carbocycles. The summed E-state index contributed by atoms with van der Waals surface area (Å²) in [5, 5.41) is 166. The smallest absolute Gasteiger partial charge is 0.239 e. The Balaban J connectivity index is 1.26. The van der Waals surface area contributed by atoms with E-state index in [1.54, 1.807) is 0 Å². The van der Waals surface area contributed by atoms with Crippen LogP contribution in [0.4, 0.5) is 0 Å². The molecule has 3 aromatic rings. The third kappa shape index (κ3) is 9.43. The van der Waals surface area contributed by atoms with Gasteiger partial charge in [0.1, 0.15) is 114 Å². The Labute approximate surface area is 364 Å². The quantitative estimate of drug-likeness (QED) is 0.0802. The molecule has 26 heteroatoms. The van der Waals surface area contributed by atoms with Gasteiger partial charge in [-0.1, -0.05) is 0 Å². The lowest BCUT2D eigenvalue weighted by Crippen LogP contribution is -2.61. The van der Waals surface area contributed by atoms with Crippen molar-refractivity contribution in [1.82, 2.24) is 0 Å². The number of hydrogen-bond donors (Lipinski definition) is 16. The zero-order valence-corrected chi connectivity index (χ0v) is 33.8. The molecule has 65 heavy (non-hydrogen) atoms. The van der Waals surface area contributed by atoms with Crippen molar-refractivity contribution in [2.45, 2.75) is 130 Å². The van der Waals surface area contributed by atoms with E-state index >= 15 is 0 Å². The van der Waals surface area contributed by atoms with Crippen LogP contribution in [0.15, 0.2) is 39.5 Å². The summed E-state index contributed by atoms with van der Waals surface area (Å²) in [6.07, 6.45) is -35.0. The number of aliphatic hydroxyl groups excluding tert-OH is 14. The van der Waals surface area contributed by atoms with Gasteiger partial charge in [-0.2, -0.15) is 0 Å². The molecule has 5 heterocycles. The number of aromatic hydroxyl groups is 2. The van der Waals surface area contributed by atoms with E-state index in [1.807, 2.05) is 0 Å². The highest BCUT2D eigenvalue weighted by atomic mass is 16.7. The summed E-state index contributed by atoms with van der Waals surface area (Å²) in [6.45, 7) is -0.983. The molecule has 4 fully saturated rings. The van der Waals surface area contributed by atoms with Crippen LogP contribution in [0.5, 0.6) is 28.7 Å². The monoisotopic (exact) mass is 934 g/mol. The Kier molecular flexibility index (Phi) is 14.7. The van der Waals surface area contributed by atoms with Crippen molar-refractivity contribution in [3.05, 3.63) is 40.6 Å². The van der Waals surface area contributed by atoms with Gasteiger partial charge in [-0.15, -0.1) is 0 Å². The summed E-state index contributed by atoms with van der Waals surface area (Å²) in [5.74, 6) is -3.93. The maximum absolute atomic E-state index is 14.5. The minimum absolute atomic E-state index is 0.236. The lowest BCUT2D eigenvalue weighted by Gasteiger charge is -2.42. The minimum Gasteiger partial charge on any atom is -0.507 e. The second-order valence-electron chi connectivity index (χ2n) is 15.9. The van der Waals surface area contributed by atoms with Crippen molar-refractivity contribution >= 4 is 11.0 Å². The predicted molar refractivity (Wildman–Crippen MR) is 206 cm³/mol. The highest BCUT2D eigenvalue weighted by molar-refractivity contribution is 5.88. The fraction of sp³-hybridized carbons (Fsp3) is 0.615. The summed E-state index contributed by atoms with van der Waals surface area (Å²) in [5.41, 5.74) is -1.95. The Hall–Kier alpha value is -4.11. The highest BCUT2D eigenvalue weighted by Gasteiger charge is 2.49. The Morgan fingerprint density at radius 3 is 1.63 bits per heavy atom. The standard InChI is InChI=1S/C39H50O26/c1-10-21(44)26(49)30(53)36(58-10)57-9-19-24(47)29(52)33(56)39(64-19)65-35-25(48)20-14(43)5-12(59-37-31(54)27(50)22(45)17(7-40)62-37)6-16(20)60-34(35)11-2-3-13(42)15(4-11)61-38-32(55)28(51)23(46)18(8-41)63-38/h2-6,10,17-19,21-24,26-33,36-47,49-56H,7-9H2,1H3/t10?,17?,18?,19?,21-,22+,23+,24+,26-,27-,28-,29?,30?,31?,32?,33?,36+,37+,38+,39-/m0/s1. The number of fused-ring (bicyclic) bond motifs is 1. The molecule has 362 valence electrons. The first-order chi connectivity index (χ1) is 30.7. The van der Waals surface area contributed by atoms with Gasteiger partial charge in [0.15, 0.2) is 23.5 Å². The molecule has 0 bridgehead atoms. The molecule has 4 aliphatic heterocycles. The molecule has 0 aliphatic carbocycles. The van der Waals surface area contributed by atoms with Crippen molar-refractivity contribution in [2.24, 2.45) is 0 Å². The largest absolute Gasteiger partial charge is 0.507 e. The maximum atomic E-state index is 14.5. The first-order valence-corrected chi connectivity index (χ1v) is 20.0. The molecule has 0 amide bonds. The van der Waals surface area contributed by atoms with Crippen LogP contribution < -0.4 is 19.6 Å². The molecule has 7 rings (SSSR count). The first-order valence-electron chi connectivity index (χ1n) is 20.0. The van der Waals surface area contributed by atoms with Crippen LogP contribution in [0.2, 0.25) is 0 Å². The average molecular weight is 935 g/mol. The number of rotatable bonds is 12. The normalized spacial score (nSPS) is 40.1. The van der Waals surface area contributed by atoms with Crippen molar-refractivity contribution in [2.75, 3.05) is 19.8 Å². The molecule has 9 unspecified atom stereocenters. The SMILES string of the molecule is CC1O[C@@H](OCC2O[C@@H](Oc3c(-c4ccc(O)c(O[C@@H]5OC(CO)[C@@H](O)[C@H](O)C5O)c4)oc4cc(O[C@@H]5OC(CO)[C@@H](O)[C@H](O)C5O)cc(O)c4c3=O)C(O)C(O)[C@@H]2O)C(O)[C@@H](O)[C@H]1O. The number of phenolic OH excluding ortho intramolecular Hbond substituents is 2. The zero-order valence-electron chi connectivity index (χ0n) is 33.8. The van der Waals surface area contributed by atoms with Crippen LogP contribution in [0.1, 0.15) is 6.92 Å². The number of ether oxygens (including phenoxy) is 8. The zero-order chi connectivity index (χ0) is 47.3. The summed E-state index contributed by atoms with van der Waals surface area (Å²) in [6, 6.07) is 4.99. The van der Waals surface area contributed by atoms with Crippen molar-refractivity contribution < 1.29 is 124 Å². The molecule has 26 nitrogen and oxygen atoms in total. The molecule has 4 aliphatic rings. The van der Waals surface area contributed by atoms with Gasteiger partial charge in [0.25, 0.3) is 0 Å². The number of benzene rings is 2. The molecule has 4 saturated heterocycles. The molecule has 0 radical (unpaired) electrons. The maximum Gasteiger partial charge on any atom is 0.239 e. The Morgan fingerprint density at radius 1 is 0.538 bits per heavy atom. The number of phenols is 2. The fourth-order valence-corrected chi connectivity index (χ4v) is 7.57. The third-order valence-corrected chi connectivity index (χ3v) is 11.5. The van der Waals surface area contributed by atoms with Crippen LogP contribution in [0.25, 0.3) is 22.3 Å². The van der Waals surface area contributed by atoms with Gasteiger partial charge in [0.2, 0.25) is 30.0 Å². The van der Waals surface area contributed by atoms with Gasteiger partial charge in [-0.3, -0.25) is 4.79 Å². The van der Waals surface area contributed by atoms with Crippen LogP contribution in [0.3, 0.4) is 0 Å². The van der Waals surface area contributed by atoms with E-state index < -0.39 is 188 Å². The first kappa shape index (κ1) is 48.8. The lowest BCUT2D eigenvalue weighted by atomic mass is 9.98. The van der Waals surface area contributed by atoms with Crippen molar-refractivity contribution in [1.29, 1.82) is 0 Å². The van der Waals surface area contributed by atoms with Gasteiger partial charge in [-0.05, 0) is 25.1 Å². The summed E-state index contributed by atoms with van der Waals surface area (Å²) in [4.78, 5) is 14.5. The van der Waals surface area contributed by atoms with E-state index in [4.69, 9.17) is 42.3 Å². The van der Waals surface area contributed by atoms with Crippen LogP contribution in [0, 0.1) is 0 Å². The van der Waals surface area contributed by atoms with Gasteiger partial charge in [-0.25, -0.2) is 0 Å². The van der Waals surface area contributed by atoms with E-state index in [9.17, 15) is 86.5 Å². The molecular formula is C39H50O26. The summed E-state index contributed by atoms with van der Waals surface area (Å²) >= 11 is 0. The highest BCUT2D eigenvalue weighted by Crippen LogP contribution is 2.41. The van der Waals surface area contributed by atoms with E-state index in [2.05, 4.69) is 0 Å². The van der Waals surface area contributed by atoms with E-state index in [0.29, 0.717) is 0 Å². The van der Waals surface area contributed by atoms with Gasteiger partial charge in [0.05, 0.1) is 25.9 Å². The topological polar surface area (TPSA) is 428 Å². The third-order valence-electron chi connectivity index (χ3n) is 11.5. The lowest BCUT2D eigenvalue weighted by molar-refractivity contribution is -0.318. The second kappa shape index (κ2) is 19.6. The minimum atomic E-state index is -2.15. The number of aliphatic hydroxyl groups is 14. The van der Waals surface area contributed by atoms with E-state index in [0.717, 1.165) is 30.3 Å². The van der Waals surface area contributed by atoms with Gasteiger partial charge < -0.3 is 124 Å². The Morgan fingerprint density at radius 2 is 1.05 bits per heavy atom. The van der Waals surface area contributed by atoms with Crippen LogP contribution in [-0.4, -0.2) is 224 Å². The molecule has 16 N–H and O–H groups in total. The summed E-state index contributed by atoms with van der Waals surface area (Å²) in [7, 11) is 0. The number of hydrogen-bond acceptors (Lipinski definition) is 26. The van der Waals surface area contributed by atoms with E-state index in [-0.39, 0.29) is 11.3 Å². The van der Waals surface area contributed by atoms with Crippen molar-refractivity contribution in [3.63, 3.8) is 0 Å². The molecule has 1 aromatic heterocycles. The Bertz CT molecular complexity index is 2170. The molecule has 20 atom stereocenters.